The Morgan fingerprint density at radius 3 is 2.78 bits per heavy atom. The van der Waals surface area contributed by atoms with Crippen LogP contribution in [0.25, 0.3) is 0 Å². The van der Waals surface area contributed by atoms with Crippen molar-refractivity contribution >= 4 is 11.6 Å². The van der Waals surface area contributed by atoms with Gasteiger partial charge in [0.25, 0.3) is 0 Å². The van der Waals surface area contributed by atoms with Crippen LogP contribution < -0.4 is 4.74 Å². The molecule has 0 bridgehead atoms. The second-order valence-electron chi connectivity index (χ2n) is 4.10. The van der Waals surface area contributed by atoms with Crippen molar-refractivity contribution in [1.82, 2.24) is 4.98 Å². The first-order valence-electron chi connectivity index (χ1n) is 5.73. The molecule has 0 aliphatic carbocycles. The van der Waals surface area contributed by atoms with Crippen LogP contribution in [-0.2, 0) is 4.79 Å². The molecule has 6 heteroatoms. The van der Waals surface area contributed by atoms with Crippen LogP contribution in [0.3, 0.4) is 0 Å². The van der Waals surface area contributed by atoms with Crippen LogP contribution in [0, 0.1) is 23.0 Å². The Bertz CT molecular complexity index is 459. The van der Waals surface area contributed by atoms with Crippen molar-refractivity contribution in [3.8, 4) is 5.75 Å². The number of nitrogens with zero attached hydrogens (tertiary/aromatic N) is 2. The van der Waals surface area contributed by atoms with Crippen molar-refractivity contribution in [2.75, 3.05) is 6.61 Å². The van der Waals surface area contributed by atoms with E-state index in [1.165, 1.54) is 6.07 Å². The van der Waals surface area contributed by atoms with E-state index in [0.29, 0.717) is 5.69 Å². The molecule has 0 saturated heterocycles. The van der Waals surface area contributed by atoms with E-state index in [1.54, 1.807) is 19.9 Å². The summed E-state index contributed by atoms with van der Waals surface area (Å²) in [6.07, 6.45) is 0.719. The standard InChI is InChI=1S/C12H16N2O4/c1-4-8(2)10(15)7-18-11-6-5-9(3)13-12(11)14(16)17/h5-6,8H,4,7H2,1-3H3. The number of aromatic nitrogens is 1. The SMILES string of the molecule is CCC(C)C(=O)COc1ccc(C)nc1[N+](=O)[O-]. The van der Waals surface area contributed by atoms with Crippen LogP contribution in [0.1, 0.15) is 26.0 Å². The molecule has 1 aromatic rings. The van der Waals surface area contributed by atoms with Crippen LogP contribution in [0.5, 0.6) is 5.75 Å². The van der Waals surface area contributed by atoms with Crippen molar-refractivity contribution in [1.29, 1.82) is 0 Å². The number of carbonyl (C=O) groups excluding carboxylic acids is 1. The monoisotopic (exact) mass is 252 g/mol. The highest BCUT2D eigenvalue weighted by molar-refractivity contribution is 5.82. The quantitative estimate of drug-likeness (QED) is 0.573. The summed E-state index contributed by atoms with van der Waals surface area (Å²) in [5, 5.41) is 10.8. The summed E-state index contributed by atoms with van der Waals surface area (Å²) in [5.74, 6) is -0.510. The van der Waals surface area contributed by atoms with Crippen molar-refractivity contribution in [2.24, 2.45) is 5.92 Å². The highest BCUT2D eigenvalue weighted by Crippen LogP contribution is 2.24. The topological polar surface area (TPSA) is 82.3 Å². The molecule has 0 aromatic carbocycles. The van der Waals surface area contributed by atoms with E-state index in [-0.39, 0.29) is 29.9 Å². The zero-order valence-corrected chi connectivity index (χ0v) is 10.7. The third-order valence-electron chi connectivity index (χ3n) is 2.68. The first kappa shape index (κ1) is 14.1. The molecule has 1 unspecified atom stereocenters. The Labute approximate surface area is 105 Å². The van der Waals surface area contributed by atoms with Gasteiger partial charge in [0, 0.05) is 12.8 Å². The summed E-state index contributed by atoms with van der Waals surface area (Å²) < 4.78 is 5.18. The summed E-state index contributed by atoms with van der Waals surface area (Å²) >= 11 is 0. The number of Topliss-reactive ketones (excluding diaryl/α,β-unsaturated/α-hetero) is 1. The van der Waals surface area contributed by atoms with Gasteiger partial charge < -0.3 is 14.9 Å². The van der Waals surface area contributed by atoms with Gasteiger partial charge in [0.15, 0.2) is 5.78 Å². The smallest absolute Gasteiger partial charge is 0.406 e. The number of hydrogen-bond donors (Lipinski definition) is 0. The second kappa shape index (κ2) is 6.09. The van der Waals surface area contributed by atoms with Gasteiger partial charge in [-0.3, -0.25) is 4.79 Å². The Morgan fingerprint density at radius 2 is 2.22 bits per heavy atom. The van der Waals surface area contributed by atoms with E-state index in [9.17, 15) is 14.9 Å². The normalized spacial score (nSPS) is 11.9. The van der Waals surface area contributed by atoms with Crippen LogP contribution in [-0.4, -0.2) is 22.3 Å². The zero-order chi connectivity index (χ0) is 13.7. The maximum absolute atomic E-state index is 11.6. The molecule has 0 saturated carbocycles. The summed E-state index contributed by atoms with van der Waals surface area (Å²) in [7, 11) is 0. The Kier molecular flexibility index (Phi) is 4.76. The fourth-order valence-corrected chi connectivity index (χ4v) is 1.29. The number of rotatable bonds is 6. The molecule has 0 N–H and O–H groups in total. The highest BCUT2D eigenvalue weighted by atomic mass is 16.6. The van der Waals surface area contributed by atoms with Gasteiger partial charge in [-0.15, -0.1) is 0 Å². The summed E-state index contributed by atoms with van der Waals surface area (Å²) in [5.41, 5.74) is 0.530. The number of ether oxygens (including phenoxy) is 1. The van der Waals surface area contributed by atoms with Crippen LogP contribution in [0.2, 0.25) is 0 Å². The van der Waals surface area contributed by atoms with Gasteiger partial charge in [-0.05, 0) is 28.5 Å². The average molecular weight is 252 g/mol. The molecular weight excluding hydrogens is 236 g/mol. The van der Waals surface area contributed by atoms with Gasteiger partial charge in [-0.2, -0.15) is 0 Å². The fraction of sp³-hybridized carbons (Fsp3) is 0.500. The molecular formula is C12H16N2O4. The molecule has 0 radical (unpaired) electrons. The number of hydrogen-bond acceptors (Lipinski definition) is 5. The largest absolute Gasteiger partial charge is 0.478 e. The van der Waals surface area contributed by atoms with Gasteiger partial charge in [0.05, 0.1) is 0 Å². The fourth-order valence-electron chi connectivity index (χ4n) is 1.29. The van der Waals surface area contributed by atoms with E-state index in [0.717, 1.165) is 6.42 Å². The van der Waals surface area contributed by atoms with Gasteiger partial charge in [0.2, 0.25) is 5.75 Å². The predicted molar refractivity (Wildman–Crippen MR) is 65.6 cm³/mol. The molecule has 1 aromatic heterocycles. The number of nitro groups is 1. The maximum Gasteiger partial charge on any atom is 0.406 e. The Balaban J connectivity index is 2.79. The molecule has 0 aliphatic heterocycles. The molecule has 0 amide bonds. The lowest BCUT2D eigenvalue weighted by Gasteiger charge is -2.09. The van der Waals surface area contributed by atoms with Crippen molar-refractivity contribution in [3.63, 3.8) is 0 Å². The number of carbonyl (C=O) groups is 1. The summed E-state index contributed by atoms with van der Waals surface area (Å²) in [4.78, 5) is 25.5. The average Bonchev–Trinajstić information content (AvgIpc) is 2.35. The molecule has 0 aliphatic rings. The van der Waals surface area contributed by atoms with Crippen molar-refractivity contribution in [2.45, 2.75) is 27.2 Å². The van der Waals surface area contributed by atoms with E-state index in [4.69, 9.17) is 4.74 Å². The molecule has 18 heavy (non-hydrogen) atoms. The van der Waals surface area contributed by atoms with E-state index < -0.39 is 4.92 Å². The van der Waals surface area contributed by atoms with Crippen LogP contribution in [0.15, 0.2) is 12.1 Å². The maximum atomic E-state index is 11.6. The molecule has 1 atom stereocenters. The third-order valence-corrected chi connectivity index (χ3v) is 2.68. The molecule has 98 valence electrons. The Morgan fingerprint density at radius 1 is 1.56 bits per heavy atom. The minimum Gasteiger partial charge on any atom is -0.478 e. The van der Waals surface area contributed by atoms with Gasteiger partial charge in [-0.1, -0.05) is 13.8 Å². The zero-order valence-electron chi connectivity index (χ0n) is 10.7. The van der Waals surface area contributed by atoms with Crippen LogP contribution >= 0.6 is 0 Å². The minimum absolute atomic E-state index is 0.0299. The third kappa shape index (κ3) is 3.51. The molecule has 0 fully saturated rings. The lowest BCUT2D eigenvalue weighted by molar-refractivity contribution is -0.390. The summed E-state index contributed by atoms with van der Waals surface area (Å²) in [6.45, 7) is 5.19. The lowest BCUT2D eigenvalue weighted by Crippen LogP contribution is -2.19. The molecule has 6 nitrogen and oxygen atoms in total. The first-order valence-corrected chi connectivity index (χ1v) is 5.73. The van der Waals surface area contributed by atoms with E-state index in [2.05, 4.69) is 4.98 Å². The van der Waals surface area contributed by atoms with Gasteiger partial charge >= 0.3 is 5.82 Å². The molecule has 1 rings (SSSR count). The first-order chi connectivity index (χ1) is 8.45. The minimum atomic E-state index is -0.615. The highest BCUT2D eigenvalue weighted by Gasteiger charge is 2.19. The summed E-state index contributed by atoms with van der Waals surface area (Å²) in [6, 6.07) is 3.07. The Hall–Kier alpha value is -1.98. The van der Waals surface area contributed by atoms with Gasteiger partial charge in [0.1, 0.15) is 12.3 Å². The van der Waals surface area contributed by atoms with Crippen LogP contribution in [0.4, 0.5) is 5.82 Å². The lowest BCUT2D eigenvalue weighted by atomic mass is 10.1. The molecule has 1 heterocycles. The number of aryl methyl sites for hydroxylation is 1. The number of pyridine rings is 1. The second-order valence-corrected chi connectivity index (χ2v) is 4.10. The molecule has 0 spiro atoms. The number of ketones is 1. The van der Waals surface area contributed by atoms with Crippen molar-refractivity contribution in [3.05, 3.63) is 27.9 Å². The van der Waals surface area contributed by atoms with Gasteiger partial charge in [-0.25, -0.2) is 0 Å². The predicted octanol–water partition coefficient (Wildman–Crippen LogP) is 2.29. The van der Waals surface area contributed by atoms with Crippen molar-refractivity contribution < 1.29 is 14.5 Å². The van der Waals surface area contributed by atoms with E-state index in [1.807, 2.05) is 6.92 Å². The van der Waals surface area contributed by atoms with E-state index >= 15 is 0 Å².